The third-order valence-corrected chi connectivity index (χ3v) is 3.56. The van der Waals surface area contributed by atoms with Gasteiger partial charge in [0.15, 0.2) is 0 Å². The topological polar surface area (TPSA) is 100 Å². The average molecular weight is 312 g/mol. The summed E-state index contributed by atoms with van der Waals surface area (Å²) in [5.41, 5.74) is -0.369. The van der Waals surface area contributed by atoms with Crippen LogP contribution in [-0.4, -0.2) is 32.1 Å². The van der Waals surface area contributed by atoms with E-state index in [1.54, 1.807) is 36.8 Å². The van der Waals surface area contributed by atoms with E-state index in [1.165, 1.54) is 0 Å². The molecule has 3 N–H and O–H groups in total. The molecular weight excluding hydrogens is 296 g/mol. The summed E-state index contributed by atoms with van der Waals surface area (Å²) in [5, 5.41) is 13.3. The number of rotatable bonds is 5. The van der Waals surface area contributed by atoms with Crippen molar-refractivity contribution in [2.24, 2.45) is 0 Å². The predicted molar refractivity (Wildman–Crippen MR) is 85.4 cm³/mol. The lowest BCUT2D eigenvalue weighted by Crippen LogP contribution is -2.30. The molecule has 1 amide bonds. The van der Waals surface area contributed by atoms with Gasteiger partial charge in [-0.25, -0.2) is 4.98 Å². The van der Waals surface area contributed by atoms with Crippen molar-refractivity contribution in [3.63, 3.8) is 0 Å². The monoisotopic (exact) mass is 312 g/mol. The van der Waals surface area contributed by atoms with Gasteiger partial charge in [-0.15, -0.1) is 0 Å². The number of imidazole rings is 1. The molecule has 0 saturated heterocycles. The highest BCUT2D eigenvalue weighted by molar-refractivity contribution is 6.01. The van der Waals surface area contributed by atoms with Gasteiger partial charge in [-0.05, 0) is 18.6 Å². The molecule has 0 radical (unpaired) electrons. The Kier molecular flexibility index (Phi) is 4.09. The SMILES string of the molecule is O=C(NCCCn1ccnc1)c1c(O)c2ccccc2[nH]c1=O. The number of hydrogen-bond acceptors (Lipinski definition) is 4. The zero-order chi connectivity index (χ0) is 16.2. The summed E-state index contributed by atoms with van der Waals surface area (Å²) in [4.78, 5) is 30.7. The maximum Gasteiger partial charge on any atom is 0.265 e. The lowest BCUT2D eigenvalue weighted by molar-refractivity contribution is 0.0949. The number of carbonyl (C=O) groups excluding carboxylic acids is 1. The van der Waals surface area contributed by atoms with Gasteiger partial charge in [0.1, 0.15) is 11.3 Å². The number of aromatic nitrogens is 3. The molecule has 3 aromatic rings. The van der Waals surface area contributed by atoms with Crippen molar-refractivity contribution in [3.8, 4) is 5.75 Å². The molecule has 0 aliphatic heterocycles. The number of aryl methyl sites for hydroxylation is 1. The molecule has 23 heavy (non-hydrogen) atoms. The molecule has 7 nitrogen and oxygen atoms in total. The zero-order valence-electron chi connectivity index (χ0n) is 12.3. The van der Waals surface area contributed by atoms with Crippen molar-refractivity contribution in [1.29, 1.82) is 0 Å². The number of nitrogens with one attached hydrogen (secondary N) is 2. The van der Waals surface area contributed by atoms with Crippen molar-refractivity contribution in [2.45, 2.75) is 13.0 Å². The van der Waals surface area contributed by atoms with Crippen LogP contribution in [0, 0.1) is 0 Å². The number of aromatic amines is 1. The molecule has 2 aromatic heterocycles. The fourth-order valence-corrected chi connectivity index (χ4v) is 2.41. The minimum Gasteiger partial charge on any atom is -0.506 e. The molecule has 0 aliphatic rings. The Labute approximate surface area is 131 Å². The number of para-hydroxylation sites is 1. The first-order chi connectivity index (χ1) is 11.2. The smallest absolute Gasteiger partial charge is 0.265 e. The second-order valence-corrected chi connectivity index (χ2v) is 5.13. The van der Waals surface area contributed by atoms with Gasteiger partial charge in [0.2, 0.25) is 0 Å². The largest absolute Gasteiger partial charge is 0.506 e. The molecule has 0 saturated carbocycles. The van der Waals surface area contributed by atoms with E-state index in [9.17, 15) is 14.7 Å². The Morgan fingerprint density at radius 3 is 2.96 bits per heavy atom. The molecular formula is C16H16N4O3. The summed E-state index contributed by atoms with van der Waals surface area (Å²) < 4.78 is 1.90. The van der Waals surface area contributed by atoms with Crippen molar-refractivity contribution >= 4 is 16.8 Å². The van der Waals surface area contributed by atoms with Crippen LogP contribution >= 0.6 is 0 Å². The van der Waals surface area contributed by atoms with Crippen LogP contribution in [0.2, 0.25) is 0 Å². The quantitative estimate of drug-likeness (QED) is 0.617. The molecule has 2 heterocycles. The Morgan fingerprint density at radius 2 is 2.17 bits per heavy atom. The van der Waals surface area contributed by atoms with Crippen LogP contribution in [0.5, 0.6) is 5.75 Å². The number of fused-ring (bicyclic) bond motifs is 1. The van der Waals surface area contributed by atoms with E-state index in [1.807, 2.05) is 10.8 Å². The van der Waals surface area contributed by atoms with E-state index in [0.717, 1.165) is 0 Å². The number of aromatic hydroxyl groups is 1. The summed E-state index contributed by atoms with van der Waals surface area (Å²) in [6, 6.07) is 6.79. The van der Waals surface area contributed by atoms with E-state index in [4.69, 9.17) is 0 Å². The van der Waals surface area contributed by atoms with Gasteiger partial charge in [0, 0.05) is 30.9 Å². The first kappa shape index (κ1) is 14.8. The third kappa shape index (κ3) is 3.08. The van der Waals surface area contributed by atoms with E-state index in [2.05, 4.69) is 15.3 Å². The fraction of sp³-hybridized carbons (Fsp3) is 0.188. The number of amides is 1. The van der Waals surface area contributed by atoms with Gasteiger partial charge >= 0.3 is 0 Å². The summed E-state index contributed by atoms with van der Waals surface area (Å²) in [7, 11) is 0. The van der Waals surface area contributed by atoms with Gasteiger partial charge < -0.3 is 20.0 Å². The summed E-state index contributed by atoms with van der Waals surface area (Å²) in [6.07, 6.45) is 5.91. The number of benzene rings is 1. The molecule has 0 fully saturated rings. The van der Waals surface area contributed by atoms with Crippen LogP contribution in [0.1, 0.15) is 16.8 Å². The highest BCUT2D eigenvalue weighted by Crippen LogP contribution is 2.24. The zero-order valence-corrected chi connectivity index (χ0v) is 12.3. The first-order valence-corrected chi connectivity index (χ1v) is 7.25. The maximum absolute atomic E-state index is 12.2. The van der Waals surface area contributed by atoms with Crippen LogP contribution in [0.25, 0.3) is 10.9 Å². The Hall–Kier alpha value is -3.09. The van der Waals surface area contributed by atoms with Crippen molar-refractivity contribution < 1.29 is 9.90 Å². The van der Waals surface area contributed by atoms with Gasteiger partial charge in [-0.3, -0.25) is 9.59 Å². The molecule has 7 heteroatoms. The Morgan fingerprint density at radius 1 is 1.35 bits per heavy atom. The number of H-pyrrole nitrogens is 1. The summed E-state index contributed by atoms with van der Waals surface area (Å²) in [5.74, 6) is -0.878. The molecule has 0 spiro atoms. The minimum atomic E-state index is -0.603. The van der Waals surface area contributed by atoms with Crippen molar-refractivity contribution in [3.05, 3.63) is 58.9 Å². The standard InChI is InChI=1S/C16H16N4O3/c21-14-11-4-1-2-5-12(11)19-16(23)13(14)15(22)18-6-3-8-20-9-7-17-10-20/h1-2,4-5,7,9-10H,3,6,8H2,(H,18,22)(H2,19,21,23). The van der Waals surface area contributed by atoms with E-state index < -0.39 is 11.5 Å². The van der Waals surface area contributed by atoms with E-state index >= 15 is 0 Å². The van der Waals surface area contributed by atoms with Crippen molar-refractivity contribution in [1.82, 2.24) is 19.9 Å². The predicted octanol–water partition coefficient (Wildman–Crippen LogP) is 1.25. The normalized spacial score (nSPS) is 10.8. The molecule has 0 unspecified atom stereocenters. The van der Waals surface area contributed by atoms with Crippen molar-refractivity contribution in [2.75, 3.05) is 6.54 Å². The second-order valence-electron chi connectivity index (χ2n) is 5.13. The molecule has 3 rings (SSSR count). The summed E-state index contributed by atoms with van der Waals surface area (Å²) in [6.45, 7) is 1.10. The molecule has 0 bridgehead atoms. The third-order valence-electron chi connectivity index (χ3n) is 3.56. The number of nitrogens with zero attached hydrogens (tertiary/aromatic N) is 2. The number of carbonyl (C=O) groups is 1. The van der Waals surface area contributed by atoms with Gasteiger partial charge in [-0.2, -0.15) is 0 Å². The molecule has 118 valence electrons. The molecule has 0 atom stereocenters. The molecule has 1 aromatic carbocycles. The second kappa shape index (κ2) is 6.35. The number of pyridine rings is 1. The lowest BCUT2D eigenvalue weighted by Gasteiger charge is -2.08. The van der Waals surface area contributed by atoms with Gasteiger partial charge in [0.25, 0.3) is 11.5 Å². The highest BCUT2D eigenvalue weighted by Gasteiger charge is 2.18. The lowest BCUT2D eigenvalue weighted by atomic mass is 10.1. The van der Waals surface area contributed by atoms with Crippen LogP contribution in [0.3, 0.4) is 0 Å². The van der Waals surface area contributed by atoms with Gasteiger partial charge in [-0.1, -0.05) is 12.1 Å². The molecule has 0 aliphatic carbocycles. The van der Waals surface area contributed by atoms with Crippen LogP contribution in [0.15, 0.2) is 47.8 Å². The Balaban J connectivity index is 1.72. The highest BCUT2D eigenvalue weighted by atomic mass is 16.3. The minimum absolute atomic E-state index is 0.258. The summed E-state index contributed by atoms with van der Waals surface area (Å²) >= 11 is 0. The van der Waals surface area contributed by atoms with Crippen LogP contribution in [-0.2, 0) is 6.54 Å². The van der Waals surface area contributed by atoms with Gasteiger partial charge in [0.05, 0.1) is 11.8 Å². The first-order valence-electron chi connectivity index (χ1n) is 7.25. The van der Waals surface area contributed by atoms with E-state index in [0.29, 0.717) is 30.4 Å². The Bertz CT molecular complexity index is 884. The fourth-order valence-electron chi connectivity index (χ4n) is 2.41. The number of hydrogen-bond donors (Lipinski definition) is 3. The van der Waals surface area contributed by atoms with Crippen LogP contribution in [0.4, 0.5) is 0 Å². The van der Waals surface area contributed by atoms with E-state index in [-0.39, 0.29) is 11.3 Å². The van der Waals surface area contributed by atoms with Crippen LogP contribution < -0.4 is 10.9 Å². The maximum atomic E-state index is 12.2. The average Bonchev–Trinajstić information content (AvgIpc) is 3.05.